The third-order valence-electron chi connectivity index (χ3n) is 5.52. The first kappa shape index (κ1) is 15.4. The molecule has 1 unspecified atom stereocenters. The molecule has 3 heterocycles. The Labute approximate surface area is 143 Å². The monoisotopic (exact) mass is 329 g/mol. The van der Waals surface area contributed by atoms with Gasteiger partial charge < -0.3 is 4.90 Å². The van der Waals surface area contributed by atoms with Gasteiger partial charge >= 0.3 is 0 Å². The van der Waals surface area contributed by atoms with Gasteiger partial charge in [-0.25, -0.2) is 9.97 Å². The van der Waals surface area contributed by atoms with Crippen molar-refractivity contribution in [2.75, 3.05) is 18.0 Å². The summed E-state index contributed by atoms with van der Waals surface area (Å²) in [5.74, 6) is 2.75. The standard InChI is InChI=1S/C19H27N3S/c1-3-13(2)17-20-18(22-11-7-8-12-22)16-14-9-5-4-6-10-15(14)23-19(16)21-17/h13H,3-12H2,1-2H3. The number of hydrogen-bond acceptors (Lipinski definition) is 4. The smallest absolute Gasteiger partial charge is 0.141 e. The van der Waals surface area contributed by atoms with Crippen molar-refractivity contribution < 1.29 is 0 Å². The summed E-state index contributed by atoms with van der Waals surface area (Å²) in [6.07, 6.45) is 10.2. The molecule has 2 aromatic heterocycles. The minimum atomic E-state index is 0.447. The van der Waals surface area contributed by atoms with E-state index in [9.17, 15) is 0 Å². The summed E-state index contributed by atoms with van der Waals surface area (Å²) in [6.45, 7) is 6.82. The van der Waals surface area contributed by atoms with E-state index in [2.05, 4.69) is 18.7 Å². The van der Waals surface area contributed by atoms with Crippen molar-refractivity contribution in [2.45, 2.75) is 71.1 Å². The van der Waals surface area contributed by atoms with Gasteiger partial charge in [-0.3, -0.25) is 0 Å². The lowest BCUT2D eigenvalue weighted by Gasteiger charge is -2.20. The number of aromatic nitrogens is 2. The lowest BCUT2D eigenvalue weighted by Crippen LogP contribution is -2.20. The summed E-state index contributed by atoms with van der Waals surface area (Å²) in [6, 6.07) is 0. The molecule has 23 heavy (non-hydrogen) atoms. The van der Waals surface area contributed by atoms with E-state index in [-0.39, 0.29) is 0 Å². The van der Waals surface area contributed by atoms with Crippen LogP contribution in [0.25, 0.3) is 10.2 Å². The van der Waals surface area contributed by atoms with Crippen molar-refractivity contribution in [2.24, 2.45) is 0 Å². The van der Waals surface area contributed by atoms with Crippen molar-refractivity contribution in [3.05, 3.63) is 16.3 Å². The van der Waals surface area contributed by atoms with Crippen LogP contribution in [-0.2, 0) is 12.8 Å². The van der Waals surface area contributed by atoms with Crippen molar-refractivity contribution in [3.8, 4) is 0 Å². The van der Waals surface area contributed by atoms with Crippen molar-refractivity contribution in [1.29, 1.82) is 0 Å². The van der Waals surface area contributed by atoms with Crippen LogP contribution < -0.4 is 4.90 Å². The molecule has 4 heteroatoms. The summed E-state index contributed by atoms with van der Waals surface area (Å²) in [4.78, 5) is 15.4. The number of anilines is 1. The molecule has 1 aliphatic heterocycles. The second kappa shape index (κ2) is 6.39. The van der Waals surface area contributed by atoms with Crippen molar-refractivity contribution >= 4 is 27.4 Å². The zero-order valence-corrected chi connectivity index (χ0v) is 15.2. The molecule has 0 N–H and O–H groups in total. The number of aryl methyl sites for hydroxylation is 2. The number of thiophene rings is 1. The Morgan fingerprint density at radius 2 is 1.83 bits per heavy atom. The van der Waals surface area contributed by atoms with Gasteiger partial charge in [0.05, 0.1) is 5.39 Å². The number of fused-ring (bicyclic) bond motifs is 3. The summed E-state index contributed by atoms with van der Waals surface area (Å²) in [7, 11) is 0. The molecule has 0 aromatic carbocycles. The second-order valence-corrected chi connectivity index (χ2v) is 8.24. The Hall–Kier alpha value is -1.16. The summed E-state index contributed by atoms with van der Waals surface area (Å²) in [5, 5.41) is 1.40. The van der Waals surface area contributed by atoms with E-state index in [1.165, 1.54) is 61.0 Å². The third kappa shape index (κ3) is 2.75. The minimum absolute atomic E-state index is 0.447. The fourth-order valence-corrected chi connectivity index (χ4v) is 5.15. The summed E-state index contributed by atoms with van der Waals surface area (Å²) in [5.41, 5.74) is 1.58. The van der Waals surface area contributed by atoms with Crippen LogP contribution in [0.15, 0.2) is 0 Å². The fourth-order valence-electron chi connectivity index (χ4n) is 3.89. The molecule has 1 atom stereocenters. The van der Waals surface area contributed by atoms with E-state index < -0.39 is 0 Å². The van der Waals surface area contributed by atoms with Crippen LogP contribution in [0, 0.1) is 0 Å². The minimum Gasteiger partial charge on any atom is -0.356 e. The molecule has 2 aliphatic rings. The topological polar surface area (TPSA) is 29.0 Å². The predicted octanol–water partition coefficient (Wildman–Crippen LogP) is 5.07. The molecule has 0 spiro atoms. The number of nitrogens with zero attached hydrogens (tertiary/aromatic N) is 3. The van der Waals surface area contributed by atoms with Crippen molar-refractivity contribution in [3.63, 3.8) is 0 Å². The van der Waals surface area contributed by atoms with Crippen LogP contribution in [0.2, 0.25) is 0 Å². The van der Waals surface area contributed by atoms with E-state index in [1.54, 1.807) is 10.4 Å². The van der Waals surface area contributed by atoms with Gasteiger partial charge in [-0.05, 0) is 50.5 Å². The highest BCUT2D eigenvalue weighted by molar-refractivity contribution is 7.19. The predicted molar refractivity (Wildman–Crippen MR) is 98.8 cm³/mol. The van der Waals surface area contributed by atoms with E-state index >= 15 is 0 Å². The lowest BCUT2D eigenvalue weighted by atomic mass is 10.1. The SMILES string of the molecule is CCC(C)c1nc(N2CCCC2)c2c3c(sc2n1)CCCCC3. The van der Waals surface area contributed by atoms with Gasteiger partial charge in [0.2, 0.25) is 0 Å². The number of rotatable bonds is 3. The maximum Gasteiger partial charge on any atom is 0.141 e. The first-order valence-corrected chi connectivity index (χ1v) is 10.2. The molecule has 3 nitrogen and oxygen atoms in total. The molecule has 4 rings (SSSR count). The highest BCUT2D eigenvalue weighted by atomic mass is 32.1. The fraction of sp³-hybridized carbons (Fsp3) is 0.684. The molecule has 1 saturated heterocycles. The molecule has 0 saturated carbocycles. The molecule has 124 valence electrons. The van der Waals surface area contributed by atoms with Gasteiger partial charge in [0.25, 0.3) is 0 Å². The molecule has 0 radical (unpaired) electrons. The molecule has 2 aromatic rings. The normalized spacial score (nSPS) is 19.8. The molecule has 0 bridgehead atoms. The van der Waals surface area contributed by atoms with Gasteiger partial charge in [-0.1, -0.05) is 20.3 Å². The van der Waals surface area contributed by atoms with Gasteiger partial charge in [-0.2, -0.15) is 0 Å². The maximum absolute atomic E-state index is 5.09. The Morgan fingerprint density at radius 1 is 1.04 bits per heavy atom. The van der Waals surface area contributed by atoms with Gasteiger partial charge in [0.1, 0.15) is 16.5 Å². The zero-order chi connectivity index (χ0) is 15.8. The largest absolute Gasteiger partial charge is 0.356 e. The van der Waals surface area contributed by atoms with E-state index in [0.29, 0.717) is 5.92 Å². The van der Waals surface area contributed by atoms with E-state index in [0.717, 1.165) is 25.3 Å². The highest BCUT2D eigenvalue weighted by Gasteiger charge is 2.25. The van der Waals surface area contributed by atoms with Crippen LogP contribution in [0.1, 0.15) is 74.6 Å². The third-order valence-corrected chi connectivity index (χ3v) is 6.71. The van der Waals surface area contributed by atoms with E-state index in [1.807, 2.05) is 11.3 Å². The molecule has 0 amide bonds. The maximum atomic E-state index is 5.09. The zero-order valence-electron chi connectivity index (χ0n) is 14.4. The number of hydrogen-bond donors (Lipinski definition) is 0. The lowest BCUT2D eigenvalue weighted by molar-refractivity contribution is 0.681. The van der Waals surface area contributed by atoms with E-state index in [4.69, 9.17) is 9.97 Å². The van der Waals surface area contributed by atoms with Gasteiger partial charge in [0.15, 0.2) is 0 Å². The molecule has 1 fully saturated rings. The Morgan fingerprint density at radius 3 is 2.61 bits per heavy atom. The Bertz CT molecular complexity index is 700. The van der Waals surface area contributed by atoms with Crippen LogP contribution in [0.3, 0.4) is 0 Å². The average Bonchev–Trinajstić information content (AvgIpc) is 3.16. The van der Waals surface area contributed by atoms with Crippen LogP contribution in [0.5, 0.6) is 0 Å². The van der Waals surface area contributed by atoms with Crippen LogP contribution in [0.4, 0.5) is 5.82 Å². The van der Waals surface area contributed by atoms with Crippen LogP contribution in [-0.4, -0.2) is 23.1 Å². The average molecular weight is 330 g/mol. The van der Waals surface area contributed by atoms with Crippen molar-refractivity contribution in [1.82, 2.24) is 9.97 Å². The first-order valence-electron chi connectivity index (χ1n) is 9.35. The Kier molecular flexibility index (Phi) is 4.27. The summed E-state index contributed by atoms with van der Waals surface area (Å²) >= 11 is 1.95. The molecular weight excluding hydrogens is 302 g/mol. The highest BCUT2D eigenvalue weighted by Crippen LogP contribution is 2.40. The Balaban J connectivity index is 1.91. The van der Waals surface area contributed by atoms with Gasteiger partial charge in [0, 0.05) is 23.9 Å². The van der Waals surface area contributed by atoms with Gasteiger partial charge in [-0.15, -0.1) is 11.3 Å². The van der Waals surface area contributed by atoms with Crippen LogP contribution >= 0.6 is 11.3 Å². The summed E-state index contributed by atoms with van der Waals surface area (Å²) < 4.78 is 0. The second-order valence-electron chi connectivity index (χ2n) is 7.15. The first-order chi connectivity index (χ1) is 11.3. The molecular formula is C19H27N3S. The quantitative estimate of drug-likeness (QED) is 0.736. The molecule has 1 aliphatic carbocycles.